The number of thiazole rings is 1. The van der Waals surface area contributed by atoms with E-state index in [0.29, 0.717) is 6.54 Å². The van der Waals surface area contributed by atoms with Gasteiger partial charge < -0.3 is 10.2 Å². The van der Waals surface area contributed by atoms with Gasteiger partial charge in [0.2, 0.25) is 5.91 Å². The predicted molar refractivity (Wildman–Crippen MR) is 83.8 cm³/mol. The lowest BCUT2D eigenvalue weighted by molar-refractivity contribution is -0.118. The molecule has 114 valence electrons. The summed E-state index contributed by atoms with van der Waals surface area (Å²) in [5.41, 5.74) is 1.15. The largest absolute Gasteiger partial charge is 0.341 e. The van der Waals surface area contributed by atoms with Gasteiger partial charge >= 0.3 is 6.03 Å². The van der Waals surface area contributed by atoms with E-state index in [1.54, 1.807) is 17.4 Å². The normalized spacial score (nSPS) is 13.2. The highest BCUT2D eigenvalue weighted by Gasteiger charge is 2.20. The summed E-state index contributed by atoms with van der Waals surface area (Å²) in [5, 5.41) is 5.45. The molecule has 0 atom stereocenters. The maximum absolute atomic E-state index is 11.8. The predicted octanol–water partition coefficient (Wildman–Crippen LogP) is 1.47. The Bertz CT molecular complexity index is 518. The van der Waals surface area contributed by atoms with Crippen LogP contribution in [-0.4, -0.2) is 37.1 Å². The maximum Gasteiger partial charge on any atom is 0.321 e. The number of imide groups is 1. The summed E-state index contributed by atoms with van der Waals surface area (Å²) < 4.78 is 0. The van der Waals surface area contributed by atoms with E-state index < -0.39 is 6.03 Å². The third-order valence-corrected chi connectivity index (χ3v) is 4.49. The third-order valence-electron chi connectivity index (χ3n) is 3.27. The van der Waals surface area contributed by atoms with Crippen molar-refractivity contribution in [3.8, 4) is 0 Å². The standard InChI is InChI=1S/C14H20N4O2S/c1-3-8-18(9-12(19)17-13(20)15-2)14-16-10-6-4-5-7-11(10)21-14/h3H,1,4-9H2,2H3,(H2,15,17,19,20). The van der Waals surface area contributed by atoms with Crippen LogP contribution in [0, 0.1) is 0 Å². The average molecular weight is 308 g/mol. The van der Waals surface area contributed by atoms with E-state index in [2.05, 4.69) is 22.2 Å². The molecule has 0 unspecified atom stereocenters. The Morgan fingerprint density at radius 1 is 1.43 bits per heavy atom. The van der Waals surface area contributed by atoms with Crippen molar-refractivity contribution in [3.63, 3.8) is 0 Å². The molecule has 1 heterocycles. The molecule has 21 heavy (non-hydrogen) atoms. The van der Waals surface area contributed by atoms with Gasteiger partial charge in [0.05, 0.1) is 12.2 Å². The van der Waals surface area contributed by atoms with Gasteiger partial charge in [0.15, 0.2) is 5.13 Å². The number of carbonyl (C=O) groups excluding carboxylic acids is 2. The molecule has 0 aromatic carbocycles. The van der Waals surface area contributed by atoms with Gasteiger partial charge in [0, 0.05) is 18.5 Å². The second-order valence-corrected chi connectivity index (χ2v) is 5.93. The smallest absolute Gasteiger partial charge is 0.321 e. The third kappa shape index (κ3) is 4.04. The fraction of sp³-hybridized carbons (Fsp3) is 0.500. The zero-order valence-electron chi connectivity index (χ0n) is 12.1. The number of hydrogen-bond donors (Lipinski definition) is 2. The van der Waals surface area contributed by atoms with E-state index in [4.69, 9.17) is 0 Å². The van der Waals surface area contributed by atoms with E-state index >= 15 is 0 Å². The summed E-state index contributed by atoms with van der Waals surface area (Å²) in [6, 6.07) is -0.503. The second kappa shape index (κ2) is 7.21. The summed E-state index contributed by atoms with van der Waals surface area (Å²) in [6.07, 6.45) is 6.19. The number of nitrogens with zero attached hydrogens (tertiary/aromatic N) is 2. The topological polar surface area (TPSA) is 74.3 Å². The second-order valence-electron chi connectivity index (χ2n) is 4.87. The molecule has 0 bridgehead atoms. The Kier molecular flexibility index (Phi) is 5.32. The summed E-state index contributed by atoms with van der Waals surface area (Å²) in [7, 11) is 1.47. The number of aryl methyl sites for hydroxylation is 2. The Hall–Kier alpha value is -1.89. The summed E-state index contributed by atoms with van der Waals surface area (Å²) in [5.74, 6) is -0.357. The highest BCUT2D eigenvalue weighted by Crippen LogP contribution is 2.31. The highest BCUT2D eigenvalue weighted by molar-refractivity contribution is 7.15. The molecular weight excluding hydrogens is 288 g/mol. The van der Waals surface area contributed by atoms with E-state index in [-0.39, 0.29) is 12.5 Å². The molecule has 6 nitrogen and oxygen atoms in total. The molecule has 0 saturated heterocycles. The SMILES string of the molecule is C=CCN(CC(=O)NC(=O)NC)c1nc2c(s1)CCCC2. The van der Waals surface area contributed by atoms with E-state index in [9.17, 15) is 9.59 Å². The van der Waals surface area contributed by atoms with Crippen LogP contribution >= 0.6 is 11.3 Å². The molecule has 7 heteroatoms. The molecule has 3 amide bonds. The molecule has 0 radical (unpaired) electrons. The van der Waals surface area contributed by atoms with E-state index in [1.165, 1.54) is 24.8 Å². The van der Waals surface area contributed by atoms with Crippen LogP contribution in [0.4, 0.5) is 9.93 Å². The molecule has 1 aromatic rings. The quantitative estimate of drug-likeness (QED) is 0.808. The zero-order valence-corrected chi connectivity index (χ0v) is 13.0. The van der Waals surface area contributed by atoms with Gasteiger partial charge in [-0.15, -0.1) is 17.9 Å². The first-order valence-corrected chi connectivity index (χ1v) is 7.81. The first-order valence-electron chi connectivity index (χ1n) is 7.00. The van der Waals surface area contributed by atoms with Crippen molar-refractivity contribution in [1.29, 1.82) is 0 Å². The Balaban J connectivity index is 2.07. The summed E-state index contributed by atoms with van der Waals surface area (Å²) >= 11 is 1.64. The highest BCUT2D eigenvalue weighted by atomic mass is 32.1. The molecule has 1 aliphatic carbocycles. The molecule has 1 aliphatic rings. The number of aromatic nitrogens is 1. The Labute approximate surface area is 128 Å². The minimum Gasteiger partial charge on any atom is -0.341 e. The molecule has 0 spiro atoms. The van der Waals surface area contributed by atoms with Gasteiger partial charge in [-0.05, 0) is 25.7 Å². The zero-order chi connectivity index (χ0) is 15.2. The number of urea groups is 1. The van der Waals surface area contributed by atoms with Crippen molar-refractivity contribution >= 4 is 28.4 Å². The monoisotopic (exact) mass is 308 g/mol. The van der Waals surface area contributed by atoms with Crippen molar-refractivity contribution in [2.24, 2.45) is 0 Å². The molecule has 0 fully saturated rings. The first kappa shape index (κ1) is 15.5. The molecule has 1 aromatic heterocycles. The summed E-state index contributed by atoms with van der Waals surface area (Å²) in [6.45, 7) is 4.33. The molecule has 0 saturated carbocycles. The first-order chi connectivity index (χ1) is 10.1. The number of hydrogen-bond acceptors (Lipinski definition) is 5. The number of fused-ring (bicyclic) bond motifs is 1. The van der Waals surface area contributed by atoms with E-state index in [1.807, 2.05) is 4.90 Å². The van der Waals surface area contributed by atoms with Gasteiger partial charge in [-0.2, -0.15) is 0 Å². The Morgan fingerprint density at radius 2 is 2.19 bits per heavy atom. The molecule has 2 N–H and O–H groups in total. The Morgan fingerprint density at radius 3 is 2.86 bits per heavy atom. The number of carbonyl (C=O) groups is 2. The number of anilines is 1. The van der Waals surface area contributed by atoms with Crippen molar-refractivity contribution in [3.05, 3.63) is 23.2 Å². The van der Waals surface area contributed by atoms with Gasteiger partial charge in [0.1, 0.15) is 0 Å². The number of amides is 3. The fourth-order valence-electron chi connectivity index (χ4n) is 2.24. The van der Waals surface area contributed by atoms with Crippen LogP contribution < -0.4 is 15.5 Å². The van der Waals surface area contributed by atoms with Gasteiger partial charge in [0.25, 0.3) is 0 Å². The van der Waals surface area contributed by atoms with Crippen molar-refractivity contribution < 1.29 is 9.59 Å². The molecule has 2 rings (SSSR count). The van der Waals surface area contributed by atoms with Crippen LogP contribution in [0.3, 0.4) is 0 Å². The van der Waals surface area contributed by atoms with Gasteiger partial charge in [-0.25, -0.2) is 9.78 Å². The minimum absolute atomic E-state index is 0.0891. The fourth-order valence-corrected chi connectivity index (χ4v) is 3.40. The van der Waals surface area contributed by atoms with Gasteiger partial charge in [-0.1, -0.05) is 6.08 Å². The minimum atomic E-state index is -0.503. The van der Waals surface area contributed by atoms with E-state index in [0.717, 1.165) is 23.7 Å². The van der Waals surface area contributed by atoms with Gasteiger partial charge in [-0.3, -0.25) is 10.1 Å². The molecule has 0 aliphatic heterocycles. The lowest BCUT2D eigenvalue weighted by Gasteiger charge is -2.19. The summed E-state index contributed by atoms with van der Waals surface area (Å²) in [4.78, 5) is 30.8. The van der Waals surface area contributed by atoms with Crippen LogP contribution in [0.1, 0.15) is 23.4 Å². The molecular formula is C14H20N4O2S. The van der Waals surface area contributed by atoms with Crippen LogP contribution in [-0.2, 0) is 17.6 Å². The maximum atomic E-state index is 11.8. The van der Waals surface area contributed by atoms with Crippen LogP contribution in [0.25, 0.3) is 0 Å². The van der Waals surface area contributed by atoms with Crippen LogP contribution in [0.2, 0.25) is 0 Å². The number of rotatable bonds is 5. The average Bonchev–Trinajstić information content (AvgIpc) is 2.90. The van der Waals surface area contributed by atoms with Crippen LogP contribution in [0.15, 0.2) is 12.7 Å². The van der Waals surface area contributed by atoms with Crippen molar-refractivity contribution in [2.75, 3.05) is 25.0 Å². The lowest BCUT2D eigenvalue weighted by Crippen LogP contribution is -2.43. The van der Waals surface area contributed by atoms with Crippen molar-refractivity contribution in [1.82, 2.24) is 15.6 Å². The van der Waals surface area contributed by atoms with Crippen LogP contribution in [0.5, 0.6) is 0 Å². The van der Waals surface area contributed by atoms with Crippen molar-refractivity contribution in [2.45, 2.75) is 25.7 Å². The number of nitrogens with one attached hydrogen (secondary N) is 2. The lowest BCUT2D eigenvalue weighted by atomic mass is 10.0.